The van der Waals surface area contributed by atoms with Gasteiger partial charge in [-0.05, 0) is 29.4 Å². The number of hydrazine groups is 1. The zero-order chi connectivity index (χ0) is 20.7. The molecule has 5 rings (SSSR count). The Morgan fingerprint density at radius 2 is 2.20 bits per heavy atom. The first kappa shape index (κ1) is 18.6. The van der Waals surface area contributed by atoms with Crippen LogP contribution in [0.15, 0.2) is 71.8 Å². The molecule has 9 heteroatoms. The third kappa shape index (κ3) is 3.27. The number of nitrogens with one attached hydrogen (secondary N) is 2. The molecule has 0 bridgehead atoms. The second-order valence-electron chi connectivity index (χ2n) is 7.20. The van der Waals surface area contributed by atoms with Crippen LogP contribution >= 0.6 is 11.3 Å². The first-order valence-electron chi connectivity index (χ1n) is 9.56. The molecule has 3 aliphatic rings. The van der Waals surface area contributed by atoms with Crippen molar-refractivity contribution in [2.24, 2.45) is 0 Å². The van der Waals surface area contributed by atoms with Gasteiger partial charge in [-0.2, -0.15) is 0 Å². The summed E-state index contributed by atoms with van der Waals surface area (Å²) in [6.45, 7) is 0.805. The van der Waals surface area contributed by atoms with Gasteiger partial charge in [-0.1, -0.05) is 6.08 Å². The van der Waals surface area contributed by atoms with Crippen LogP contribution in [-0.4, -0.2) is 52.6 Å². The summed E-state index contributed by atoms with van der Waals surface area (Å²) in [6.07, 6.45) is 13.9. The van der Waals surface area contributed by atoms with E-state index < -0.39 is 0 Å². The quantitative estimate of drug-likeness (QED) is 0.786. The number of carbonyl (C=O) groups is 1. The highest BCUT2D eigenvalue weighted by Crippen LogP contribution is 2.31. The highest BCUT2D eigenvalue weighted by Gasteiger charge is 2.28. The lowest BCUT2D eigenvalue weighted by Crippen LogP contribution is -2.33. The van der Waals surface area contributed by atoms with Crippen LogP contribution in [0.25, 0.3) is 5.70 Å². The van der Waals surface area contributed by atoms with Crippen molar-refractivity contribution in [3.05, 3.63) is 83.1 Å². The SMILES string of the molecule is CN1C=C(C2=CN3C(c4ccc(C(=O)N(C)c5nccs5)cn4)=CNC3C=C2)CN1. The molecule has 2 aromatic heterocycles. The zero-order valence-electron chi connectivity index (χ0n) is 16.6. The smallest absolute Gasteiger partial charge is 0.261 e. The van der Waals surface area contributed by atoms with Gasteiger partial charge in [0, 0.05) is 57.0 Å². The lowest BCUT2D eigenvalue weighted by atomic mass is 10.0. The Balaban J connectivity index is 1.36. The van der Waals surface area contributed by atoms with Crippen LogP contribution in [0.4, 0.5) is 5.13 Å². The van der Waals surface area contributed by atoms with Gasteiger partial charge in [0.05, 0.1) is 17.0 Å². The van der Waals surface area contributed by atoms with E-state index in [9.17, 15) is 4.79 Å². The molecule has 1 atom stereocenters. The molecule has 152 valence electrons. The number of aromatic nitrogens is 2. The molecule has 1 amide bonds. The number of allylic oxidation sites excluding steroid dienone is 1. The van der Waals surface area contributed by atoms with Gasteiger partial charge in [-0.15, -0.1) is 11.3 Å². The number of hydrogen-bond donors (Lipinski definition) is 2. The van der Waals surface area contributed by atoms with E-state index in [0.717, 1.165) is 23.5 Å². The summed E-state index contributed by atoms with van der Waals surface area (Å²) in [6, 6.07) is 3.69. The van der Waals surface area contributed by atoms with Gasteiger partial charge in [-0.3, -0.25) is 14.7 Å². The normalized spacial score (nSPS) is 19.8. The van der Waals surface area contributed by atoms with Crippen molar-refractivity contribution in [1.29, 1.82) is 0 Å². The third-order valence-electron chi connectivity index (χ3n) is 5.23. The largest absolute Gasteiger partial charge is 0.366 e. The lowest BCUT2D eigenvalue weighted by molar-refractivity contribution is 0.0992. The summed E-state index contributed by atoms with van der Waals surface area (Å²) in [5.74, 6) is -0.131. The Kier molecular flexibility index (Phi) is 4.61. The molecular formula is C21H21N7OS. The van der Waals surface area contributed by atoms with E-state index in [0.29, 0.717) is 10.7 Å². The highest BCUT2D eigenvalue weighted by molar-refractivity contribution is 7.13. The van der Waals surface area contributed by atoms with Crippen LogP contribution in [0.3, 0.4) is 0 Å². The summed E-state index contributed by atoms with van der Waals surface area (Å²) in [4.78, 5) is 25.2. The van der Waals surface area contributed by atoms with Crippen molar-refractivity contribution in [1.82, 2.24) is 30.6 Å². The fraction of sp³-hybridized carbons (Fsp3) is 0.190. The Hall–Kier alpha value is -3.43. The van der Waals surface area contributed by atoms with E-state index in [-0.39, 0.29) is 12.1 Å². The molecule has 0 aliphatic carbocycles. The first-order chi connectivity index (χ1) is 14.6. The molecule has 30 heavy (non-hydrogen) atoms. The third-order valence-corrected chi connectivity index (χ3v) is 6.08. The summed E-state index contributed by atoms with van der Waals surface area (Å²) in [5, 5.41) is 7.84. The number of fused-ring (bicyclic) bond motifs is 1. The van der Waals surface area contributed by atoms with E-state index in [1.807, 2.05) is 35.8 Å². The molecule has 1 unspecified atom stereocenters. The van der Waals surface area contributed by atoms with E-state index in [2.05, 4.69) is 50.2 Å². The Bertz CT molecular complexity index is 1090. The summed E-state index contributed by atoms with van der Waals surface area (Å²) in [5.41, 5.74) is 7.97. The van der Waals surface area contributed by atoms with Crippen molar-refractivity contribution < 1.29 is 4.79 Å². The molecule has 0 aromatic carbocycles. The molecule has 5 heterocycles. The summed E-state index contributed by atoms with van der Waals surface area (Å²) >= 11 is 1.43. The number of nitrogens with zero attached hydrogens (tertiary/aromatic N) is 5. The molecule has 2 aromatic rings. The number of rotatable bonds is 4. The van der Waals surface area contributed by atoms with Crippen LogP contribution < -0.4 is 15.6 Å². The predicted octanol–water partition coefficient (Wildman–Crippen LogP) is 2.13. The van der Waals surface area contributed by atoms with Crippen molar-refractivity contribution in [2.75, 3.05) is 25.5 Å². The van der Waals surface area contributed by atoms with Crippen LogP contribution in [0, 0.1) is 0 Å². The molecule has 8 nitrogen and oxygen atoms in total. The maximum atomic E-state index is 12.7. The molecule has 0 radical (unpaired) electrons. The van der Waals surface area contributed by atoms with Crippen molar-refractivity contribution in [2.45, 2.75) is 6.17 Å². The Morgan fingerprint density at radius 1 is 1.30 bits per heavy atom. The average molecular weight is 420 g/mol. The first-order valence-corrected chi connectivity index (χ1v) is 10.4. The van der Waals surface area contributed by atoms with Gasteiger partial charge in [0.1, 0.15) is 6.17 Å². The minimum Gasteiger partial charge on any atom is -0.366 e. The molecule has 0 spiro atoms. The number of carbonyl (C=O) groups excluding carboxylic acids is 1. The predicted molar refractivity (Wildman–Crippen MR) is 117 cm³/mol. The molecule has 2 N–H and O–H groups in total. The summed E-state index contributed by atoms with van der Waals surface area (Å²) < 4.78 is 0. The van der Waals surface area contributed by atoms with Crippen LogP contribution in [0.5, 0.6) is 0 Å². The molecule has 0 fully saturated rings. The topological polar surface area (TPSA) is 76.6 Å². The molecule has 3 aliphatic heterocycles. The van der Waals surface area contributed by atoms with Gasteiger partial charge in [-0.25, -0.2) is 10.4 Å². The van der Waals surface area contributed by atoms with Crippen LogP contribution in [0.2, 0.25) is 0 Å². The molecule has 0 saturated heterocycles. The fourth-order valence-corrected chi connectivity index (χ4v) is 4.20. The van der Waals surface area contributed by atoms with Crippen molar-refractivity contribution >= 4 is 28.1 Å². The van der Waals surface area contributed by atoms with Crippen molar-refractivity contribution in [3.8, 4) is 0 Å². The number of anilines is 1. The lowest BCUT2D eigenvalue weighted by Gasteiger charge is -2.27. The van der Waals surface area contributed by atoms with E-state index >= 15 is 0 Å². The van der Waals surface area contributed by atoms with E-state index in [4.69, 9.17) is 0 Å². The number of hydrogen-bond acceptors (Lipinski definition) is 8. The maximum Gasteiger partial charge on any atom is 0.261 e. The van der Waals surface area contributed by atoms with Gasteiger partial charge < -0.3 is 15.2 Å². The number of thiazole rings is 1. The summed E-state index contributed by atoms with van der Waals surface area (Å²) in [7, 11) is 3.71. The monoisotopic (exact) mass is 419 g/mol. The van der Waals surface area contributed by atoms with Crippen molar-refractivity contribution in [3.63, 3.8) is 0 Å². The Morgan fingerprint density at radius 3 is 2.90 bits per heavy atom. The van der Waals surface area contributed by atoms with Gasteiger partial charge in [0.2, 0.25) is 0 Å². The van der Waals surface area contributed by atoms with Crippen LogP contribution in [-0.2, 0) is 0 Å². The molecule has 0 saturated carbocycles. The second-order valence-corrected chi connectivity index (χ2v) is 8.08. The van der Waals surface area contributed by atoms with E-state index in [1.165, 1.54) is 16.9 Å². The number of pyridine rings is 1. The second kappa shape index (κ2) is 7.43. The average Bonchev–Trinajstić information content (AvgIpc) is 3.53. The fourth-order valence-electron chi connectivity index (χ4n) is 3.60. The minimum absolute atomic E-state index is 0.0654. The van der Waals surface area contributed by atoms with Gasteiger partial charge >= 0.3 is 0 Å². The molecular weight excluding hydrogens is 398 g/mol. The minimum atomic E-state index is -0.131. The van der Waals surface area contributed by atoms with Gasteiger partial charge in [0.15, 0.2) is 5.13 Å². The number of amides is 1. The Labute approximate surface area is 178 Å². The maximum absolute atomic E-state index is 12.7. The highest BCUT2D eigenvalue weighted by atomic mass is 32.1. The zero-order valence-corrected chi connectivity index (χ0v) is 17.4. The van der Waals surface area contributed by atoms with E-state index in [1.54, 1.807) is 24.3 Å². The standard InChI is InChI=1S/C21H21N7OS/c1-26-12-16(10-25-26)15-4-6-19-24-11-18(28(19)13-15)17-5-3-14(9-23-17)20(29)27(2)21-22-7-8-30-21/h3-9,11-13,19,24-25H,10H2,1-2H3. The van der Waals surface area contributed by atoms with Crippen LogP contribution in [0.1, 0.15) is 16.1 Å². The van der Waals surface area contributed by atoms with Gasteiger partial charge in [0.25, 0.3) is 5.91 Å².